The average Bonchev–Trinajstić information content (AvgIpc) is 2.34. The predicted molar refractivity (Wildman–Crippen MR) is 45.1 cm³/mol. The van der Waals surface area contributed by atoms with E-state index in [-0.39, 0.29) is 5.12 Å². The Labute approximate surface area is 66.6 Å². The van der Waals surface area contributed by atoms with Gasteiger partial charge in [0.2, 0.25) is 0 Å². The molecule has 0 atom stereocenters. The van der Waals surface area contributed by atoms with Crippen LogP contribution in [0.2, 0.25) is 0 Å². The van der Waals surface area contributed by atoms with Gasteiger partial charge in [0.1, 0.15) is 0 Å². The number of hydrogen-bond donors (Lipinski definition) is 0. The number of thioether (sulfide) groups is 1. The van der Waals surface area contributed by atoms with Crippen molar-refractivity contribution in [1.29, 1.82) is 0 Å². The van der Waals surface area contributed by atoms with Gasteiger partial charge in [0.05, 0.1) is 0 Å². The lowest BCUT2D eigenvalue weighted by molar-refractivity contribution is -0.109. The van der Waals surface area contributed by atoms with Crippen LogP contribution in [0.25, 0.3) is 0 Å². The van der Waals surface area contributed by atoms with Gasteiger partial charge in [-0.3, -0.25) is 4.79 Å². The van der Waals surface area contributed by atoms with Crippen LogP contribution in [0.15, 0.2) is 0 Å². The minimum atomic E-state index is 0.270. The molecule has 1 aliphatic rings. The summed E-state index contributed by atoms with van der Waals surface area (Å²) < 4.78 is 0. The van der Waals surface area contributed by atoms with E-state index in [1.807, 2.05) is 0 Å². The van der Waals surface area contributed by atoms with Crippen molar-refractivity contribution in [2.24, 2.45) is 5.92 Å². The lowest BCUT2D eigenvalue weighted by Gasteiger charge is -2.04. The van der Waals surface area contributed by atoms with Crippen LogP contribution in [0.3, 0.4) is 0 Å². The monoisotopic (exact) mass is 158 g/mol. The maximum atomic E-state index is 10.6. The highest BCUT2D eigenvalue weighted by Gasteiger charge is 2.15. The third-order valence-electron chi connectivity index (χ3n) is 2.00. The lowest BCUT2D eigenvalue weighted by Crippen LogP contribution is -1.98. The van der Waals surface area contributed by atoms with Crippen molar-refractivity contribution in [3.63, 3.8) is 0 Å². The first-order valence-electron chi connectivity index (χ1n) is 3.92. The summed E-state index contributed by atoms with van der Waals surface area (Å²) in [4.78, 5) is 10.6. The summed E-state index contributed by atoms with van der Waals surface area (Å²) in [6.07, 6.45) is 5.45. The Morgan fingerprint density at radius 3 is 2.60 bits per heavy atom. The maximum Gasteiger partial charge on any atom is 0.185 e. The van der Waals surface area contributed by atoms with Gasteiger partial charge in [-0.25, -0.2) is 0 Å². The topological polar surface area (TPSA) is 17.1 Å². The molecular weight excluding hydrogens is 144 g/mol. The summed E-state index contributed by atoms with van der Waals surface area (Å²) in [7, 11) is 0. The largest absolute Gasteiger partial charge is 0.288 e. The highest BCUT2D eigenvalue weighted by atomic mass is 32.2. The number of carbonyl (C=O) groups excluding carboxylic acids is 1. The van der Waals surface area contributed by atoms with E-state index in [0.717, 1.165) is 11.7 Å². The van der Waals surface area contributed by atoms with Crippen molar-refractivity contribution in [3.05, 3.63) is 0 Å². The highest BCUT2D eigenvalue weighted by molar-refractivity contribution is 8.13. The van der Waals surface area contributed by atoms with Gasteiger partial charge in [-0.2, -0.15) is 0 Å². The number of rotatable bonds is 2. The molecule has 0 N–H and O–H groups in total. The Morgan fingerprint density at radius 2 is 2.10 bits per heavy atom. The second-order valence-corrected chi connectivity index (χ2v) is 4.15. The predicted octanol–water partition coefficient (Wildman–Crippen LogP) is 2.46. The Bertz CT molecular complexity index is 116. The summed E-state index contributed by atoms with van der Waals surface area (Å²) in [6, 6.07) is 0. The van der Waals surface area contributed by atoms with Gasteiger partial charge in [-0.15, -0.1) is 0 Å². The van der Waals surface area contributed by atoms with E-state index < -0.39 is 0 Å². The number of hydrogen-bond acceptors (Lipinski definition) is 2. The van der Waals surface area contributed by atoms with Gasteiger partial charge in [0, 0.05) is 12.7 Å². The van der Waals surface area contributed by atoms with Gasteiger partial charge in [-0.05, 0) is 18.8 Å². The molecule has 1 rings (SSSR count). The van der Waals surface area contributed by atoms with E-state index in [4.69, 9.17) is 0 Å². The molecule has 0 aromatic carbocycles. The molecule has 1 aliphatic carbocycles. The van der Waals surface area contributed by atoms with E-state index in [1.54, 1.807) is 6.92 Å². The van der Waals surface area contributed by atoms with Gasteiger partial charge >= 0.3 is 0 Å². The molecule has 0 amide bonds. The quantitative estimate of drug-likeness (QED) is 0.614. The van der Waals surface area contributed by atoms with Crippen LogP contribution in [-0.4, -0.2) is 10.9 Å². The molecule has 0 bridgehead atoms. The lowest BCUT2D eigenvalue weighted by atomic mass is 10.1. The summed E-state index contributed by atoms with van der Waals surface area (Å²) in [5, 5.41) is 0.270. The molecule has 0 aromatic heterocycles. The fraction of sp³-hybridized carbons (Fsp3) is 0.875. The van der Waals surface area contributed by atoms with Crippen LogP contribution in [0, 0.1) is 5.92 Å². The average molecular weight is 158 g/mol. The zero-order chi connectivity index (χ0) is 7.40. The maximum absolute atomic E-state index is 10.6. The molecule has 0 unspecified atom stereocenters. The van der Waals surface area contributed by atoms with E-state index in [9.17, 15) is 4.79 Å². The molecule has 0 aliphatic heterocycles. The van der Waals surface area contributed by atoms with E-state index >= 15 is 0 Å². The third-order valence-corrected chi connectivity index (χ3v) is 3.04. The van der Waals surface area contributed by atoms with Crippen LogP contribution < -0.4 is 0 Å². The van der Waals surface area contributed by atoms with Gasteiger partial charge in [-0.1, -0.05) is 24.6 Å². The van der Waals surface area contributed by atoms with E-state index in [0.29, 0.717) is 0 Å². The summed E-state index contributed by atoms with van der Waals surface area (Å²) >= 11 is 1.49. The Morgan fingerprint density at radius 1 is 1.50 bits per heavy atom. The minimum Gasteiger partial charge on any atom is -0.288 e. The van der Waals surface area contributed by atoms with Gasteiger partial charge in [0.15, 0.2) is 5.12 Å². The fourth-order valence-electron chi connectivity index (χ4n) is 1.41. The molecule has 10 heavy (non-hydrogen) atoms. The summed E-state index contributed by atoms with van der Waals surface area (Å²) in [5.41, 5.74) is 0. The number of carbonyl (C=O) groups is 1. The fourth-order valence-corrected chi connectivity index (χ4v) is 2.22. The standard InChI is InChI=1S/C8H14OS/c1-7(9)10-6-8-4-2-3-5-8/h8H,2-6H2,1H3. The third kappa shape index (κ3) is 2.74. The molecule has 0 aromatic rings. The SMILES string of the molecule is CC(=O)SCC1CCCC1. The summed E-state index contributed by atoms with van der Waals surface area (Å²) in [5.74, 6) is 1.91. The van der Waals surface area contributed by atoms with E-state index in [2.05, 4.69) is 0 Å². The van der Waals surface area contributed by atoms with Crippen LogP contribution in [-0.2, 0) is 4.79 Å². The normalized spacial score (nSPS) is 19.7. The van der Waals surface area contributed by atoms with Gasteiger partial charge in [0.25, 0.3) is 0 Å². The smallest absolute Gasteiger partial charge is 0.185 e. The van der Waals surface area contributed by atoms with E-state index in [1.165, 1.54) is 37.4 Å². The molecule has 1 nitrogen and oxygen atoms in total. The Balaban J connectivity index is 2.07. The highest BCUT2D eigenvalue weighted by Crippen LogP contribution is 2.27. The van der Waals surface area contributed by atoms with Crippen molar-refractivity contribution < 1.29 is 4.79 Å². The minimum absolute atomic E-state index is 0.270. The zero-order valence-electron chi connectivity index (χ0n) is 6.43. The van der Waals surface area contributed by atoms with Crippen molar-refractivity contribution in [2.45, 2.75) is 32.6 Å². The van der Waals surface area contributed by atoms with Gasteiger partial charge < -0.3 is 0 Å². The molecule has 0 heterocycles. The Kier molecular flexibility index (Phi) is 3.26. The summed E-state index contributed by atoms with van der Waals surface area (Å²) in [6.45, 7) is 1.65. The van der Waals surface area contributed by atoms with Crippen molar-refractivity contribution >= 4 is 16.9 Å². The molecule has 0 saturated heterocycles. The molecule has 1 saturated carbocycles. The Hall–Kier alpha value is 0.0200. The van der Waals surface area contributed by atoms with Crippen LogP contribution in [0.4, 0.5) is 0 Å². The van der Waals surface area contributed by atoms with Crippen molar-refractivity contribution in [1.82, 2.24) is 0 Å². The first-order valence-corrected chi connectivity index (χ1v) is 4.91. The van der Waals surface area contributed by atoms with Crippen LogP contribution >= 0.6 is 11.8 Å². The molecule has 2 heteroatoms. The zero-order valence-corrected chi connectivity index (χ0v) is 7.25. The second kappa shape index (κ2) is 4.02. The molecule has 58 valence electrons. The van der Waals surface area contributed by atoms with Crippen LogP contribution in [0.1, 0.15) is 32.6 Å². The molecular formula is C8H14OS. The molecule has 1 fully saturated rings. The van der Waals surface area contributed by atoms with Crippen LogP contribution in [0.5, 0.6) is 0 Å². The molecule has 0 spiro atoms. The first kappa shape index (κ1) is 8.12. The first-order chi connectivity index (χ1) is 4.79. The molecule has 0 radical (unpaired) electrons. The van der Waals surface area contributed by atoms with Crippen molar-refractivity contribution in [2.75, 3.05) is 5.75 Å². The second-order valence-electron chi connectivity index (χ2n) is 2.95. The van der Waals surface area contributed by atoms with Crippen molar-refractivity contribution in [3.8, 4) is 0 Å².